The average Bonchev–Trinajstić information content (AvgIpc) is 3.17. The molecule has 0 unspecified atom stereocenters. The number of amides is 1. The van der Waals surface area contributed by atoms with E-state index in [1.807, 2.05) is 0 Å². The van der Waals surface area contributed by atoms with Gasteiger partial charge < -0.3 is 23.9 Å². The molecule has 0 radical (unpaired) electrons. The molecule has 2 aromatic rings. The first-order valence-electron chi connectivity index (χ1n) is 7.74. The Bertz CT molecular complexity index is 789. The van der Waals surface area contributed by atoms with E-state index in [4.69, 9.17) is 13.9 Å². The first kappa shape index (κ1) is 20.0. The molecule has 0 saturated heterocycles. The van der Waals surface area contributed by atoms with E-state index in [2.05, 4.69) is 10.1 Å². The van der Waals surface area contributed by atoms with Crippen molar-refractivity contribution in [3.8, 4) is 11.5 Å². The van der Waals surface area contributed by atoms with Gasteiger partial charge in [0.1, 0.15) is 5.76 Å². The van der Waals surface area contributed by atoms with Gasteiger partial charge in [-0.15, -0.1) is 0 Å². The number of esters is 1. The minimum atomic E-state index is -2.97. The Hall–Kier alpha value is -3.36. The van der Waals surface area contributed by atoms with Crippen LogP contribution in [0.4, 0.5) is 8.78 Å². The summed E-state index contributed by atoms with van der Waals surface area (Å²) < 4.78 is 43.7. The zero-order valence-electron chi connectivity index (χ0n) is 14.3. The van der Waals surface area contributed by atoms with Gasteiger partial charge in [0.2, 0.25) is 0 Å². The van der Waals surface area contributed by atoms with Gasteiger partial charge in [-0.3, -0.25) is 4.79 Å². The average molecular weight is 381 g/mol. The summed E-state index contributed by atoms with van der Waals surface area (Å²) in [4.78, 5) is 23.2. The van der Waals surface area contributed by atoms with Gasteiger partial charge in [-0.2, -0.15) is 8.78 Å². The van der Waals surface area contributed by atoms with E-state index in [-0.39, 0.29) is 18.0 Å². The van der Waals surface area contributed by atoms with Crippen LogP contribution in [0, 0.1) is 0 Å². The zero-order valence-corrected chi connectivity index (χ0v) is 14.3. The molecule has 1 amide bonds. The number of rotatable bonds is 9. The third-order valence-electron chi connectivity index (χ3n) is 3.21. The molecular weight excluding hydrogens is 364 g/mol. The number of carbonyl (C=O) groups is 2. The fourth-order valence-corrected chi connectivity index (χ4v) is 1.99. The van der Waals surface area contributed by atoms with Gasteiger partial charge in [0.25, 0.3) is 5.91 Å². The van der Waals surface area contributed by atoms with Crippen molar-refractivity contribution < 1.29 is 37.0 Å². The molecule has 1 aromatic carbocycles. The van der Waals surface area contributed by atoms with Crippen LogP contribution < -0.4 is 14.8 Å². The molecular formula is C18H17F2NO6. The smallest absolute Gasteiger partial charge is 0.387 e. The van der Waals surface area contributed by atoms with E-state index in [9.17, 15) is 18.4 Å². The number of nitrogens with one attached hydrogen (secondary N) is 1. The largest absolute Gasteiger partial charge is 0.493 e. The maximum absolute atomic E-state index is 12.3. The van der Waals surface area contributed by atoms with Crippen LogP contribution in [0.15, 0.2) is 47.1 Å². The van der Waals surface area contributed by atoms with Gasteiger partial charge in [0.05, 0.1) is 13.4 Å². The Kier molecular flexibility index (Phi) is 7.36. The molecule has 0 spiro atoms. The highest BCUT2D eigenvalue weighted by atomic mass is 19.3. The monoisotopic (exact) mass is 381 g/mol. The summed E-state index contributed by atoms with van der Waals surface area (Å²) in [5, 5.41) is 2.53. The summed E-state index contributed by atoms with van der Waals surface area (Å²) in [6, 6.07) is 7.59. The van der Waals surface area contributed by atoms with E-state index in [1.165, 1.54) is 37.6 Å². The van der Waals surface area contributed by atoms with Crippen molar-refractivity contribution in [3.05, 3.63) is 54.0 Å². The topological polar surface area (TPSA) is 87.0 Å². The summed E-state index contributed by atoms with van der Waals surface area (Å²) >= 11 is 0. The van der Waals surface area contributed by atoms with Crippen LogP contribution >= 0.6 is 0 Å². The van der Waals surface area contributed by atoms with Crippen LogP contribution in [0.1, 0.15) is 11.3 Å². The summed E-state index contributed by atoms with van der Waals surface area (Å²) in [6.45, 7) is -3.35. The van der Waals surface area contributed by atoms with E-state index in [0.29, 0.717) is 11.3 Å². The standard InChI is InChI=1S/C18H17F2NO6/c1-24-15-9-12(4-6-14(15)27-18(19)20)10-21-16(22)11-26-17(23)7-5-13-3-2-8-25-13/h2-9,18H,10-11H2,1H3,(H,21,22)/b7-5+. The molecule has 9 heteroatoms. The molecule has 1 aromatic heterocycles. The summed E-state index contributed by atoms with van der Waals surface area (Å²) in [5.74, 6) is -0.751. The minimum absolute atomic E-state index is 0.0872. The van der Waals surface area contributed by atoms with Crippen LogP contribution in [-0.4, -0.2) is 32.2 Å². The fraction of sp³-hybridized carbons (Fsp3) is 0.222. The number of halogens is 2. The molecule has 0 aliphatic heterocycles. The molecule has 0 aliphatic rings. The van der Waals surface area contributed by atoms with Gasteiger partial charge in [-0.1, -0.05) is 6.07 Å². The molecule has 1 heterocycles. The SMILES string of the molecule is COc1cc(CNC(=O)COC(=O)/C=C/c2ccco2)ccc1OC(F)F. The number of furan rings is 1. The molecule has 0 atom stereocenters. The Balaban J connectivity index is 1.78. The predicted octanol–water partition coefficient (Wildman–Crippen LogP) is 2.76. The second-order valence-electron chi connectivity index (χ2n) is 5.10. The Labute approximate surface area is 153 Å². The van der Waals surface area contributed by atoms with E-state index in [0.717, 1.165) is 6.08 Å². The lowest BCUT2D eigenvalue weighted by molar-refractivity contribution is -0.143. The van der Waals surface area contributed by atoms with Crippen molar-refractivity contribution in [1.29, 1.82) is 0 Å². The number of hydrogen-bond donors (Lipinski definition) is 1. The van der Waals surface area contributed by atoms with Crippen molar-refractivity contribution >= 4 is 18.0 Å². The highest BCUT2D eigenvalue weighted by Crippen LogP contribution is 2.29. The Morgan fingerprint density at radius 1 is 1.26 bits per heavy atom. The van der Waals surface area contributed by atoms with Crippen molar-refractivity contribution in [2.45, 2.75) is 13.2 Å². The van der Waals surface area contributed by atoms with Gasteiger partial charge in [-0.25, -0.2) is 4.79 Å². The summed E-state index contributed by atoms with van der Waals surface area (Å²) in [6.07, 6.45) is 4.01. The third-order valence-corrected chi connectivity index (χ3v) is 3.21. The molecule has 2 rings (SSSR count). The second kappa shape index (κ2) is 9.95. The van der Waals surface area contributed by atoms with Crippen molar-refractivity contribution in [1.82, 2.24) is 5.32 Å². The van der Waals surface area contributed by atoms with Crippen LogP contribution in [0.25, 0.3) is 6.08 Å². The number of hydrogen-bond acceptors (Lipinski definition) is 6. The maximum Gasteiger partial charge on any atom is 0.387 e. The van der Waals surface area contributed by atoms with Crippen molar-refractivity contribution in [2.75, 3.05) is 13.7 Å². The first-order valence-corrected chi connectivity index (χ1v) is 7.74. The normalized spacial score (nSPS) is 10.8. The lowest BCUT2D eigenvalue weighted by Crippen LogP contribution is -2.28. The van der Waals surface area contributed by atoms with Gasteiger partial charge in [-0.05, 0) is 35.9 Å². The van der Waals surface area contributed by atoms with Crippen molar-refractivity contribution in [2.24, 2.45) is 0 Å². The predicted molar refractivity (Wildman–Crippen MR) is 90.2 cm³/mol. The fourth-order valence-electron chi connectivity index (χ4n) is 1.99. The number of benzene rings is 1. The number of carbonyl (C=O) groups excluding carboxylic acids is 2. The van der Waals surface area contributed by atoms with Crippen LogP contribution in [-0.2, 0) is 20.9 Å². The number of alkyl halides is 2. The van der Waals surface area contributed by atoms with Crippen LogP contribution in [0.5, 0.6) is 11.5 Å². The highest BCUT2D eigenvalue weighted by Gasteiger charge is 2.12. The Morgan fingerprint density at radius 3 is 2.74 bits per heavy atom. The molecule has 0 saturated carbocycles. The third kappa shape index (κ3) is 6.81. The molecule has 0 bridgehead atoms. The quantitative estimate of drug-likeness (QED) is 0.531. The van der Waals surface area contributed by atoms with Gasteiger partial charge >= 0.3 is 12.6 Å². The minimum Gasteiger partial charge on any atom is -0.493 e. The molecule has 144 valence electrons. The highest BCUT2D eigenvalue weighted by molar-refractivity contribution is 5.88. The second-order valence-corrected chi connectivity index (χ2v) is 5.10. The summed E-state index contributed by atoms with van der Waals surface area (Å²) in [7, 11) is 1.31. The molecule has 7 nitrogen and oxygen atoms in total. The van der Waals surface area contributed by atoms with Gasteiger partial charge in [0.15, 0.2) is 18.1 Å². The van der Waals surface area contributed by atoms with Crippen LogP contribution in [0.2, 0.25) is 0 Å². The first-order chi connectivity index (χ1) is 13.0. The lowest BCUT2D eigenvalue weighted by atomic mass is 10.2. The number of ether oxygens (including phenoxy) is 3. The lowest BCUT2D eigenvalue weighted by Gasteiger charge is -2.12. The van der Waals surface area contributed by atoms with E-state index < -0.39 is 25.1 Å². The number of methoxy groups -OCH3 is 1. The van der Waals surface area contributed by atoms with Crippen LogP contribution in [0.3, 0.4) is 0 Å². The summed E-state index contributed by atoms with van der Waals surface area (Å²) in [5.41, 5.74) is 0.589. The van der Waals surface area contributed by atoms with E-state index in [1.54, 1.807) is 12.1 Å². The Morgan fingerprint density at radius 2 is 2.07 bits per heavy atom. The zero-order chi connectivity index (χ0) is 19.6. The van der Waals surface area contributed by atoms with Gasteiger partial charge in [0, 0.05) is 12.6 Å². The van der Waals surface area contributed by atoms with E-state index >= 15 is 0 Å². The van der Waals surface area contributed by atoms with Crippen molar-refractivity contribution in [3.63, 3.8) is 0 Å². The maximum atomic E-state index is 12.3. The molecule has 1 N–H and O–H groups in total. The molecule has 0 aliphatic carbocycles. The molecule has 27 heavy (non-hydrogen) atoms. The molecule has 0 fully saturated rings.